The number of rotatable bonds is 4. The Kier molecular flexibility index (Phi) is 4.00. The minimum Gasteiger partial charge on any atom is -0.397 e. The average Bonchev–Trinajstić information content (AvgIpc) is 2.84. The number of pyridine rings is 1. The van der Waals surface area contributed by atoms with E-state index in [-0.39, 0.29) is 6.04 Å². The minimum absolute atomic E-state index is 0.270. The van der Waals surface area contributed by atoms with Crippen molar-refractivity contribution in [1.82, 2.24) is 9.88 Å². The highest BCUT2D eigenvalue weighted by atomic mass is 15.2. The summed E-state index contributed by atoms with van der Waals surface area (Å²) in [5, 5.41) is 12.3. The molecule has 1 unspecified atom stereocenters. The Hall–Kier alpha value is -1.80. The molecule has 1 atom stereocenters. The van der Waals surface area contributed by atoms with Crippen molar-refractivity contribution in [2.75, 3.05) is 30.7 Å². The van der Waals surface area contributed by atoms with Crippen LogP contribution in [0.1, 0.15) is 25.3 Å². The second-order valence-electron chi connectivity index (χ2n) is 4.83. The Morgan fingerprint density at radius 2 is 2.28 bits per heavy atom. The second kappa shape index (κ2) is 5.69. The van der Waals surface area contributed by atoms with E-state index in [1.54, 1.807) is 12.3 Å². The molecule has 0 aromatic carbocycles. The third-order valence-electron chi connectivity index (χ3n) is 3.14. The van der Waals surface area contributed by atoms with Crippen LogP contribution < -0.4 is 11.1 Å². The number of hydrogen-bond acceptors (Lipinski definition) is 5. The van der Waals surface area contributed by atoms with Gasteiger partial charge in [0.1, 0.15) is 11.9 Å². The predicted molar refractivity (Wildman–Crippen MR) is 72.1 cm³/mol. The molecule has 2 rings (SSSR count). The van der Waals surface area contributed by atoms with Gasteiger partial charge in [-0.05, 0) is 38.9 Å². The zero-order chi connectivity index (χ0) is 13.0. The van der Waals surface area contributed by atoms with Gasteiger partial charge in [-0.25, -0.2) is 4.98 Å². The maximum Gasteiger partial charge on any atom is 0.144 e. The highest BCUT2D eigenvalue weighted by molar-refractivity contribution is 5.57. The van der Waals surface area contributed by atoms with E-state index in [2.05, 4.69) is 28.2 Å². The molecule has 1 aliphatic heterocycles. The molecule has 5 heteroatoms. The molecule has 1 saturated heterocycles. The lowest BCUT2D eigenvalue weighted by Gasteiger charge is -2.22. The molecule has 1 aromatic rings. The van der Waals surface area contributed by atoms with Crippen LogP contribution in [0, 0.1) is 11.3 Å². The summed E-state index contributed by atoms with van der Waals surface area (Å²) in [6.45, 7) is 5.44. The van der Waals surface area contributed by atoms with E-state index < -0.39 is 0 Å². The van der Waals surface area contributed by atoms with Gasteiger partial charge in [-0.3, -0.25) is 0 Å². The number of hydrogen-bond donors (Lipinski definition) is 2. The maximum absolute atomic E-state index is 9.04. The van der Waals surface area contributed by atoms with Gasteiger partial charge in [0.25, 0.3) is 0 Å². The van der Waals surface area contributed by atoms with Crippen LogP contribution in [-0.4, -0.2) is 35.6 Å². The fourth-order valence-electron chi connectivity index (χ4n) is 2.31. The van der Waals surface area contributed by atoms with Gasteiger partial charge in [0.15, 0.2) is 0 Å². The summed E-state index contributed by atoms with van der Waals surface area (Å²) in [5.41, 5.74) is 6.64. The molecule has 1 aliphatic rings. The first-order valence-electron chi connectivity index (χ1n) is 6.33. The van der Waals surface area contributed by atoms with Gasteiger partial charge in [0.05, 0.1) is 17.4 Å². The zero-order valence-corrected chi connectivity index (χ0v) is 10.7. The van der Waals surface area contributed by atoms with Gasteiger partial charge in [-0.2, -0.15) is 5.26 Å². The van der Waals surface area contributed by atoms with Gasteiger partial charge < -0.3 is 16.0 Å². The summed E-state index contributed by atoms with van der Waals surface area (Å²) in [5.74, 6) is 0.624. The van der Waals surface area contributed by atoms with Crippen LogP contribution in [0.4, 0.5) is 11.5 Å². The van der Waals surface area contributed by atoms with E-state index in [9.17, 15) is 0 Å². The van der Waals surface area contributed by atoms with E-state index in [1.807, 2.05) is 0 Å². The molecule has 0 aliphatic carbocycles. The fourth-order valence-corrected chi connectivity index (χ4v) is 2.31. The van der Waals surface area contributed by atoms with Crippen LogP contribution in [0.15, 0.2) is 12.3 Å². The lowest BCUT2D eigenvalue weighted by molar-refractivity contribution is 0.327. The van der Waals surface area contributed by atoms with Crippen molar-refractivity contribution in [3.05, 3.63) is 17.8 Å². The van der Waals surface area contributed by atoms with Crippen LogP contribution in [0.3, 0.4) is 0 Å². The van der Waals surface area contributed by atoms with Crippen LogP contribution in [0.2, 0.25) is 0 Å². The molecule has 0 spiro atoms. The number of likely N-dealkylation sites (tertiary alicyclic amines) is 1. The SMILES string of the molecule is CC(CN1CCCC1)Nc1ncc(N)cc1C#N. The van der Waals surface area contributed by atoms with Gasteiger partial charge >= 0.3 is 0 Å². The van der Waals surface area contributed by atoms with E-state index in [4.69, 9.17) is 11.0 Å². The topological polar surface area (TPSA) is 78.0 Å². The Morgan fingerprint density at radius 3 is 2.94 bits per heavy atom. The van der Waals surface area contributed by atoms with Crippen molar-refractivity contribution >= 4 is 11.5 Å². The molecule has 0 saturated carbocycles. The fraction of sp³-hybridized carbons (Fsp3) is 0.538. The van der Waals surface area contributed by atoms with Crippen molar-refractivity contribution in [3.8, 4) is 6.07 Å². The van der Waals surface area contributed by atoms with Crippen molar-refractivity contribution < 1.29 is 0 Å². The molecule has 2 heterocycles. The lowest BCUT2D eigenvalue weighted by atomic mass is 10.2. The summed E-state index contributed by atoms with van der Waals surface area (Å²) in [4.78, 5) is 6.62. The van der Waals surface area contributed by atoms with Gasteiger partial charge in [0.2, 0.25) is 0 Å². The van der Waals surface area contributed by atoms with Crippen LogP contribution in [0.5, 0.6) is 0 Å². The number of nitrogens with zero attached hydrogens (tertiary/aromatic N) is 3. The number of nitrogens with one attached hydrogen (secondary N) is 1. The van der Waals surface area contributed by atoms with Gasteiger partial charge in [0, 0.05) is 12.6 Å². The Labute approximate surface area is 108 Å². The molecule has 5 nitrogen and oxygen atoms in total. The van der Waals surface area contributed by atoms with E-state index in [0.717, 1.165) is 6.54 Å². The number of anilines is 2. The van der Waals surface area contributed by atoms with Crippen LogP contribution in [-0.2, 0) is 0 Å². The summed E-state index contributed by atoms with van der Waals surface area (Å²) in [7, 11) is 0. The Morgan fingerprint density at radius 1 is 1.56 bits per heavy atom. The van der Waals surface area contributed by atoms with Crippen molar-refractivity contribution in [3.63, 3.8) is 0 Å². The molecule has 18 heavy (non-hydrogen) atoms. The highest BCUT2D eigenvalue weighted by Crippen LogP contribution is 2.16. The molecule has 1 fully saturated rings. The van der Waals surface area contributed by atoms with Crippen molar-refractivity contribution in [2.24, 2.45) is 0 Å². The Balaban J connectivity index is 1.98. The molecule has 0 amide bonds. The normalized spacial score (nSPS) is 17.3. The van der Waals surface area contributed by atoms with Crippen molar-refractivity contribution in [1.29, 1.82) is 5.26 Å². The Bertz CT molecular complexity index is 445. The molecule has 3 N–H and O–H groups in total. The number of nitrogens with two attached hydrogens (primary N) is 1. The third-order valence-corrected chi connectivity index (χ3v) is 3.14. The molecule has 96 valence electrons. The number of nitriles is 1. The van der Waals surface area contributed by atoms with Crippen LogP contribution >= 0.6 is 0 Å². The average molecular weight is 245 g/mol. The van der Waals surface area contributed by atoms with E-state index >= 15 is 0 Å². The first kappa shape index (κ1) is 12.7. The van der Waals surface area contributed by atoms with Gasteiger partial charge in [-0.15, -0.1) is 0 Å². The quantitative estimate of drug-likeness (QED) is 0.839. The molecular formula is C13H19N5. The van der Waals surface area contributed by atoms with Crippen molar-refractivity contribution in [2.45, 2.75) is 25.8 Å². The lowest BCUT2D eigenvalue weighted by Crippen LogP contribution is -2.33. The summed E-state index contributed by atoms with van der Waals surface area (Å²) in [6, 6.07) is 4.04. The highest BCUT2D eigenvalue weighted by Gasteiger charge is 2.15. The second-order valence-corrected chi connectivity index (χ2v) is 4.83. The molecule has 1 aromatic heterocycles. The number of nitrogen functional groups attached to an aromatic ring is 1. The molecule has 0 bridgehead atoms. The number of aromatic nitrogens is 1. The summed E-state index contributed by atoms with van der Waals surface area (Å²) < 4.78 is 0. The minimum atomic E-state index is 0.270. The maximum atomic E-state index is 9.04. The summed E-state index contributed by atoms with van der Waals surface area (Å²) in [6.07, 6.45) is 4.15. The monoisotopic (exact) mass is 245 g/mol. The first-order valence-corrected chi connectivity index (χ1v) is 6.33. The first-order chi connectivity index (χ1) is 8.69. The third kappa shape index (κ3) is 3.11. The largest absolute Gasteiger partial charge is 0.397 e. The zero-order valence-electron chi connectivity index (χ0n) is 10.7. The van der Waals surface area contributed by atoms with E-state index in [0.29, 0.717) is 17.1 Å². The standard InChI is InChI=1S/C13H19N5/c1-10(9-18-4-2-3-5-18)17-13-11(7-14)6-12(15)8-16-13/h6,8,10H,2-5,9,15H2,1H3,(H,16,17). The molecule has 0 radical (unpaired) electrons. The summed E-state index contributed by atoms with van der Waals surface area (Å²) >= 11 is 0. The van der Waals surface area contributed by atoms with E-state index in [1.165, 1.54) is 25.9 Å². The van der Waals surface area contributed by atoms with Gasteiger partial charge in [-0.1, -0.05) is 0 Å². The smallest absolute Gasteiger partial charge is 0.144 e. The predicted octanol–water partition coefficient (Wildman–Crippen LogP) is 1.43. The molecular weight excluding hydrogens is 226 g/mol. The van der Waals surface area contributed by atoms with Crippen LogP contribution in [0.25, 0.3) is 0 Å².